The van der Waals surface area contributed by atoms with Crippen LogP contribution in [0.2, 0.25) is 10.0 Å². The molecule has 0 unspecified atom stereocenters. The number of aryl methyl sites for hydroxylation is 2. The minimum Gasteiger partial charge on any atom is -0.497 e. The average Bonchev–Trinajstić information content (AvgIpc) is 3.08. The van der Waals surface area contributed by atoms with Gasteiger partial charge < -0.3 is 9.47 Å². The Morgan fingerprint density at radius 1 is 0.968 bits per heavy atom. The Bertz CT molecular complexity index is 1400. The average molecular weight is 461 g/mol. The lowest BCUT2D eigenvalue weighted by molar-refractivity contribution is 0.408. The van der Waals surface area contributed by atoms with Crippen LogP contribution < -0.4 is 20.7 Å². The summed E-state index contributed by atoms with van der Waals surface area (Å²) in [7, 11) is 4.78. The van der Waals surface area contributed by atoms with E-state index in [9.17, 15) is 9.59 Å². The van der Waals surface area contributed by atoms with Gasteiger partial charge in [0.2, 0.25) is 0 Å². The van der Waals surface area contributed by atoms with Gasteiger partial charge in [-0.3, -0.25) is 18.5 Å². The molecule has 0 fully saturated rings. The van der Waals surface area contributed by atoms with Crippen LogP contribution in [0.15, 0.2) is 52.1 Å². The number of imidazole rings is 1. The molecule has 0 saturated heterocycles. The predicted molar refractivity (Wildman–Crippen MR) is 119 cm³/mol. The molecule has 31 heavy (non-hydrogen) atoms. The third-order valence-electron chi connectivity index (χ3n) is 4.93. The van der Waals surface area contributed by atoms with Crippen LogP contribution in [0, 0.1) is 0 Å². The summed E-state index contributed by atoms with van der Waals surface area (Å²) in [6, 6.07) is 12.0. The van der Waals surface area contributed by atoms with E-state index in [0.29, 0.717) is 27.1 Å². The van der Waals surface area contributed by atoms with E-state index in [4.69, 9.17) is 32.7 Å². The number of benzene rings is 2. The first-order chi connectivity index (χ1) is 14.8. The third kappa shape index (κ3) is 3.80. The normalized spacial score (nSPS) is 11.1. The first-order valence-corrected chi connectivity index (χ1v) is 9.98. The first-order valence-electron chi connectivity index (χ1n) is 9.22. The van der Waals surface area contributed by atoms with E-state index in [1.165, 1.54) is 9.13 Å². The molecule has 4 rings (SSSR count). The second kappa shape index (κ2) is 8.13. The molecule has 0 aliphatic rings. The number of nitrogens with zero attached hydrogens (tertiary/aromatic N) is 4. The molecule has 0 amide bonds. The fraction of sp³-hybridized carbons (Fsp3) is 0.190. The molecule has 0 bridgehead atoms. The van der Waals surface area contributed by atoms with Gasteiger partial charge in [0.25, 0.3) is 5.56 Å². The Morgan fingerprint density at radius 2 is 1.65 bits per heavy atom. The molecule has 0 saturated carbocycles. The summed E-state index contributed by atoms with van der Waals surface area (Å²) < 4.78 is 14.9. The van der Waals surface area contributed by atoms with Crippen molar-refractivity contribution in [3.63, 3.8) is 0 Å². The number of methoxy groups -OCH3 is 1. The minimum absolute atomic E-state index is 0.00268. The summed E-state index contributed by atoms with van der Waals surface area (Å²) in [5.74, 6) is 1.20. The SMILES string of the molecule is COc1ccc(Oc2nc3c(c(=O)n(Cc4ccc(Cl)cc4Cl)c(=O)n3C)n2C)cc1. The van der Waals surface area contributed by atoms with Crippen LogP contribution in [-0.4, -0.2) is 25.8 Å². The second-order valence-electron chi connectivity index (χ2n) is 6.87. The molecule has 0 atom stereocenters. The maximum atomic E-state index is 13.2. The van der Waals surface area contributed by atoms with Crippen molar-refractivity contribution in [1.82, 2.24) is 18.7 Å². The molecule has 2 aromatic carbocycles. The van der Waals surface area contributed by atoms with E-state index in [1.807, 2.05) is 0 Å². The summed E-state index contributed by atoms with van der Waals surface area (Å²) in [6.07, 6.45) is 0. The van der Waals surface area contributed by atoms with Crippen LogP contribution in [0.4, 0.5) is 0 Å². The maximum absolute atomic E-state index is 13.2. The van der Waals surface area contributed by atoms with Crippen molar-refractivity contribution in [3.8, 4) is 17.5 Å². The van der Waals surface area contributed by atoms with Crippen molar-refractivity contribution in [1.29, 1.82) is 0 Å². The van der Waals surface area contributed by atoms with E-state index >= 15 is 0 Å². The third-order valence-corrected chi connectivity index (χ3v) is 5.52. The van der Waals surface area contributed by atoms with Gasteiger partial charge in [-0.05, 0) is 42.0 Å². The minimum atomic E-state index is -0.516. The molecule has 10 heteroatoms. The Hall–Kier alpha value is -3.23. The van der Waals surface area contributed by atoms with Gasteiger partial charge >= 0.3 is 11.7 Å². The molecule has 2 aromatic heterocycles. The van der Waals surface area contributed by atoms with Gasteiger partial charge in [-0.15, -0.1) is 0 Å². The number of hydrogen-bond acceptors (Lipinski definition) is 5. The number of ether oxygens (including phenoxy) is 2. The lowest BCUT2D eigenvalue weighted by atomic mass is 10.2. The summed E-state index contributed by atoms with van der Waals surface area (Å²) in [5, 5.41) is 0.839. The van der Waals surface area contributed by atoms with Gasteiger partial charge in [-0.25, -0.2) is 4.79 Å². The number of aromatic nitrogens is 4. The zero-order chi connectivity index (χ0) is 22.3. The van der Waals surface area contributed by atoms with E-state index < -0.39 is 11.2 Å². The molecule has 0 spiro atoms. The summed E-state index contributed by atoms with van der Waals surface area (Å²) in [5.41, 5.74) is 0.0398. The highest BCUT2D eigenvalue weighted by atomic mass is 35.5. The molecular formula is C21H18Cl2N4O4. The van der Waals surface area contributed by atoms with Crippen molar-refractivity contribution < 1.29 is 9.47 Å². The van der Waals surface area contributed by atoms with Crippen molar-refractivity contribution in [3.05, 3.63) is 78.9 Å². The van der Waals surface area contributed by atoms with Gasteiger partial charge in [0, 0.05) is 24.1 Å². The van der Waals surface area contributed by atoms with Crippen LogP contribution in [-0.2, 0) is 20.6 Å². The Labute approximate surface area is 186 Å². The van der Waals surface area contributed by atoms with Gasteiger partial charge in [0.15, 0.2) is 11.2 Å². The summed E-state index contributed by atoms with van der Waals surface area (Å²) in [4.78, 5) is 30.5. The number of hydrogen-bond donors (Lipinski definition) is 0. The lowest BCUT2D eigenvalue weighted by Gasteiger charge is -2.10. The van der Waals surface area contributed by atoms with Gasteiger partial charge in [-0.1, -0.05) is 29.3 Å². The molecular weight excluding hydrogens is 443 g/mol. The molecule has 4 aromatic rings. The molecule has 160 valence electrons. The standard InChI is InChI=1S/C21H18Cl2N4O4/c1-25-17-18(24-20(25)31-15-8-6-14(30-3)7-9-15)26(2)21(29)27(19(17)28)11-12-4-5-13(22)10-16(12)23/h4-10H,11H2,1-3H3. The van der Waals surface area contributed by atoms with Crippen LogP contribution in [0.25, 0.3) is 11.2 Å². The van der Waals surface area contributed by atoms with Crippen LogP contribution in [0.1, 0.15) is 5.56 Å². The fourth-order valence-corrected chi connectivity index (χ4v) is 3.69. The smallest absolute Gasteiger partial charge is 0.332 e. The van der Waals surface area contributed by atoms with Crippen molar-refractivity contribution in [2.24, 2.45) is 14.1 Å². The Balaban J connectivity index is 1.80. The second-order valence-corrected chi connectivity index (χ2v) is 7.72. The summed E-state index contributed by atoms with van der Waals surface area (Å²) >= 11 is 12.2. The van der Waals surface area contributed by atoms with E-state index in [1.54, 1.807) is 63.7 Å². The van der Waals surface area contributed by atoms with Crippen molar-refractivity contribution >= 4 is 34.4 Å². The quantitative estimate of drug-likeness (QED) is 0.454. The van der Waals surface area contributed by atoms with E-state index in [2.05, 4.69) is 4.98 Å². The molecule has 0 aliphatic carbocycles. The largest absolute Gasteiger partial charge is 0.497 e. The van der Waals surface area contributed by atoms with Crippen LogP contribution >= 0.6 is 23.2 Å². The van der Waals surface area contributed by atoms with E-state index in [-0.39, 0.29) is 23.7 Å². The summed E-state index contributed by atoms with van der Waals surface area (Å²) in [6.45, 7) is -0.00268. The molecule has 0 N–H and O–H groups in total. The van der Waals surface area contributed by atoms with Crippen LogP contribution in [0.5, 0.6) is 17.5 Å². The Kier molecular flexibility index (Phi) is 5.51. The monoisotopic (exact) mass is 460 g/mol. The van der Waals surface area contributed by atoms with Gasteiger partial charge in [-0.2, -0.15) is 4.98 Å². The molecule has 2 heterocycles. The topological polar surface area (TPSA) is 80.3 Å². The van der Waals surface area contributed by atoms with Gasteiger partial charge in [0.05, 0.1) is 13.7 Å². The fourth-order valence-electron chi connectivity index (χ4n) is 3.22. The highest BCUT2D eigenvalue weighted by molar-refractivity contribution is 6.35. The molecule has 0 radical (unpaired) electrons. The van der Waals surface area contributed by atoms with Crippen LogP contribution in [0.3, 0.4) is 0 Å². The predicted octanol–water partition coefficient (Wildman–Crippen LogP) is 3.59. The number of fused-ring (bicyclic) bond motifs is 1. The molecule has 8 nitrogen and oxygen atoms in total. The number of halogens is 2. The highest BCUT2D eigenvalue weighted by Gasteiger charge is 2.20. The molecule has 0 aliphatic heterocycles. The zero-order valence-electron chi connectivity index (χ0n) is 16.9. The maximum Gasteiger partial charge on any atom is 0.332 e. The first kappa shape index (κ1) is 21.0. The lowest BCUT2D eigenvalue weighted by Crippen LogP contribution is -2.39. The van der Waals surface area contributed by atoms with Gasteiger partial charge in [0.1, 0.15) is 11.5 Å². The Morgan fingerprint density at radius 3 is 2.29 bits per heavy atom. The highest BCUT2D eigenvalue weighted by Crippen LogP contribution is 2.25. The van der Waals surface area contributed by atoms with Crippen molar-refractivity contribution in [2.45, 2.75) is 6.54 Å². The van der Waals surface area contributed by atoms with E-state index in [0.717, 1.165) is 4.57 Å². The van der Waals surface area contributed by atoms with Crippen molar-refractivity contribution in [2.75, 3.05) is 7.11 Å². The zero-order valence-corrected chi connectivity index (χ0v) is 18.4. The number of rotatable bonds is 5.